The number of Topliss-reactive ketones (excluding diaryl/α,β-unsaturated/α-hetero) is 2. The van der Waals surface area contributed by atoms with Crippen LogP contribution in [0.15, 0.2) is 0 Å². The molecule has 0 aliphatic carbocycles. The highest BCUT2D eigenvalue weighted by molar-refractivity contribution is 7.89. The van der Waals surface area contributed by atoms with E-state index < -0.39 is 0 Å². The average molecular weight is 571 g/mol. The van der Waals surface area contributed by atoms with Gasteiger partial charge in [0, 0.05) is 25.7 Å². The molecule has 0 saturated carbocycles. The molecular formula is C30H58N4O2S2. The summed E-state index contributed by atoms with van der Waals surface area (Å²) in [7, 11) is 0. The fourth-order valence-electron chi connectivity index (χ4n) is 4.58. The zero-order valence-electron chi connectivity index (χ0n) is 24.8. The van der Waals surface area contributed by atoms with Crippen molar-refractivity contribution in [3.05, 3.63) is 0 Å². The lowest BCUT2D eigenvalue weighted by Gasteiger charge is -2.21. The first-order valence-corrected chi connectivity index (χ1v) is 16.1. The van der Waals surface area contributed by atoms with Crippen LogP contribution >= 0.6 is 24.4 Å². The molecule has 0 aromatic rings. The zero-order valence-corrected chi connectivity index (χ0v) is 26.5. The minimum absolute atomic E-state index is 0.299. The summed E-state index contributed by atoms with van der Waals surface area (Å²) in [5, 5.41) is 6.18. The molecule has 8 heteroatoms. The van der Waals surface area contributed by atoms with Gasteiger partial charge in [-0.2, -0.15) is 0 Å². The molecular weight excluding hydrogens is 512 g/mol. The van der Waals surface area contributed by atoms with Crippen molar-refractivity contribution in [2.45, 2.75) is 156 Å². The van der Waals surface area contributed by atoms with E-state index >= 15 is 0 Å². The maximum Gasteiger partial charge on any atom is 0.135 e. The topological polar surface area (TPSA) is 110 Å². The van der Waals surface area contributed by atoms with Gasteiger partial charge >= 0.3 is 0 Å². The third-order valence-electron chi connectivity index (χ3n) is 7.05. The van der Waals surface area contributed by atoms with E-state index in [0.29, 0.717) is 71.9 Å². The van der Waals surface area contributed by atoms with Crippen molar-refractivity contribution < 1.29 is 9.59 Å². The second kappa shape index (κ2) is 23.9. The van der Waals surface area contributed by atoms with Gasteiger partial charge < -0.3 is 22.1 Å². The van der Waals surface area contributed by atoms with Crippen molar-refractivity contribution >= 4 is 46.0 Å². The molecule has 4 unspecified atom stereocenters. The van der Waals surface area contributed by atoms with E-state index in [1.54, 1.807) is 0 Å². The molecule has 0 bridgehead atoms. The van der Waals surface area contributed by atoms with E-state index in [1.165, 1.54) is 38.5 Å². The van der Waals surface area contributed by atoms with Gasteiger partial charge in [0.25, 0.3) is 0 Å². The van der Waals surface area contributed by atoms with Gasteiger partial charge in [0.1, 0.15) is 21.5 Å². The standard InChI is InChI=1S/C30H58N4O2S2/c1-5-7-9-11-13-15-25(35)21-23(3)17-19-27(31)33-29(37)30(38)34-28(32)20-18-24(4)22-26(36)16-14-12-10-8-6-2/h23-24,27-28H,5-22,31-32H2,1-4H3,(H,33,37)(H,34,38). The van der Waals surface area contributed by atoms with Crippen LogP contribution in [0, 0.1) is 11.8 Å². The number of hydrogen-bond acceptors (Lipinski definition) is 6. The van der Waals surface area contributed by atoms with Crippen molar-refractivity contribution in [1.29, 1.82) is 0 Å². The highest BCUT2D eigenvalue weighted by Gasteiger charge is 2.16. The van der Waals surface area contributed by atoms with Crippen molar-refractivity contribution in [2.24, 2.45) is 23.3 Å². The Labute approximate surface area is 244 Å². The quantitative estimate of drug-likeness (QED) is 0.0566. The van der Waals surface area contributed by atoms with Gasteiger partial charge in [0.2, 0.25) is 0 Å². The molecule has 222 valence electrons. The molecule has 0 spiro atoms. The number of thiocarbonyl (C=S) groups is 2. The van der Waals surface area contributed by atoms with Gasteiger partial charge in [0.15, 0.2) is 0 Å². The number of carbonyl (C=O) groups excluding carboxylic acids is 2. The summed E-state index contributed by atoms with van der Waals surface area (Å²) < 4.78 is 0. The molecule has 0 aliphatic rings. The Morgan fingerprint density at radius 1 is 0.605 bits per heavy atom. The predicted molar refractivity (Wildman–Crippen MR) is 170 cm³/mol. The molecule has 0 aromatic carbocycles. The molecule has 0 saturated heterocycles. The fourth-order valence-corrected chi connectivity index (χ4v) is 5.00. The van der Waals surface area contributed by atoms with Crippen molar-refractivity contribution in [2.75, 3.05) is 0 Å². The highest BCUT2D eigenvalue weighted by Crippen LogP contribution is 2.16. The van der Waals surface area contributed by atoms with Crippen molar-refractivity contribution in [3.63, 3.8) is 0 Å². The van der Waals surface area contributed by atoms with E-state index in [-0.39, 0.29) is 12.3 Å². The summed E-state index contributed by atoms with van der Waals surface area (Å²) in [6, 6.07) is 0. The van der Waals surface area contributed by atoms with Crippen LogP contribution in [0.1, 0.15) is 143 Å². The van der Waals surface area contributed by atoms with Gasteiger partial charge in [-0.3, -0.25) is 9.59 Å². The second-order valence-corrected chi connectivity index (χ2v) is 12.2. The highest BCUT2D eigenvalue weighted by atomic mass is 32.1. The number of nitrogens with one attached hydrogen (secondary N) is 2. The van der Waals surface area contributed by atoms with Crippen LogP contribution in [0.3, 0.4) is 0 Å². The molecule has 38 heavy (non-hydrogen) atoms. The molecule has 6 nitrogen and oxygen atoms in total. The van der Waals surface area contributed by atoms with E-state index in [0.717, 1.165) is 38.5 Å². The summed E-state index contributed by atoms with van der Waals surface area (Å²) in [5.41, 5.74) is 12.4. The predicted octanol–water partition coefficient (Wildman–Crippen LogP) is 6.86. The molecule has 0 rings (SSSR count). The molecule has 0 amide bonds. The zero-order chi connectivity index (χ0) is 28.8. The van der Waals surface area contributed by atoms with Crippen molar-refractivity contribution in [3.8, 4) is 0 Å². The lowest BCUT2D eigenvalue weighted by Crippen LogP contribution is -2.50. The Kier molecular flexibility index (Phi) is 23.3. The van der Waals surface area contributed by atoms with Crippen molar-refractivity contribution in [1.82, 2.24) is 10.6 Å². The Bertz CT molecular complexity index is 619. The third-order valence-corrected chi connectivity index (χ3v) is 7.82. The molecule has 0 radical (unpaired) electrons. The van der Waals surface area contributed by atoms with Crippen LogP contribution in [-0.4, -0.2) is 33.9 Å². The maximum absolute atomic E-state index is 12.2. The van der Waals surface area contributed by atoms with Crippen LogP contribution in [-0.2, 0) is 9.59 Å². The lowest BCUT2D eigenvalue weighted by atomic mass is 9.96. The van der Waals surface area contributed by atoms with E-state index in [2.05, 4.69) is 38.3 Å². The number of carbonyl (C=O) groups is 2. The monoisotopic (exact) mass is 570 g/mol. The number of rotatable bonds is 24. The van der Waals surface area contributed by atoms with Gasteiger partial charge in [-0.05, 0) is 50.4 Å². The minimum atomic E-state index is -0.321. The third kappa shape index (κ3) is 21.9. The van der Waals surface area contributed by atoms with Crippen LogP contribution in [0.5, 0.6) is 0 Å². The first-order chi connectivity index (χ1) is 18.1. The molecule has 6 N–H and O–H groups in total. The smallest absolute Gasteiger partial charge is 0.135 e. The Balaban J connectivity index is 4.06. The fraction of sp³-hybridized carbons (Fsp3) is 0.867. The summed E-state index contributed by atoms with van der Waals surface area (Å²) >= 11 is 10.8. The summed E-state index contributed by atoms with van der Waals surface area (Å²) in [6.07, 6.45) is 16.8. The van der Waals surface area contributed by atoms with Crippen LogP contribution < -0.4 is 22.1 Å². The molecule has 4 atom stereocenters. The van der Waals surface area contributed by atoms with Gasteiger partial charge in [0.05, 0.1) is 12.3 Å². The first-order valence-electron chi connectivity index (χ1n) is 15.2. The number of nitrogens with two attached hydrogens (primary N) is 2. The molecule has 0 fully saturated rings. The minimum Gasteiger partial charge on any atom is -0.359 e. The van der Waals surface area contributed by atoms with Crippen LogP contribution in [0.2, 0.25) is 0 Å². The van der Waals surface area contributed by atoms with Gasteiger partial charge in [-0.25, -0.2) is 0 Å². The van der Waals surface area contributed by atoms with Crippen LogP contribution in [0.4, 0.5) is 0 Å². The SMILES string of the molecule is CCCCCCCC(=O)CC(C)CCC(N)NC(=S)C(=S)NC(N)CCC(C)CC(=O)CCCCCCC. The largest absolute Gasteiger partial charge is 0.359 e. The Morgan fingerprint density at radius 2 is 0.947 bits per heavy atom. The lowest BCUT2D eigenvalue weighted by molar-refractivity contribution is -0.120. The first kappa shape index (κ1) is 37.0. The molecule has 0 aliphatic heterocycles. The van der Waals surface area contributed by atoms with E-state index in [1.807, 2.05) is 0 Å². The normalized spacial score (nSPS) is 14.4. The Morgan fingerprint density at radius 3 is 1.29 bits per heavy atom. The van der Waals surface area contributed by atoms with Gasteiger partial charge in [-0.1, -0.05) is 103 Å². The summed E-state index contributed by atoms with van der Waals surface area (Å²) in [4.78, 5) is 25.2. The Hall–Kier alpha value is -0.960. The van der Waals surface area contributed by atoms with Crippen LogP contribution in [0.25, 0.3) is 0 Å². The maximum atomic E-state index is 12.2. The summed E-state index contributed by atoms with van der Waals surface area (Å²) in [6.45, 7) is 8.60. The van der Waals surface area contributed by atoms with Gasteiger partial charge in [-0.15, -0.1) is 0 Å². The second-order valence-electron chi connectivity index (χ2n) is 11.3. The average Bonchev–Trinajstić information content (AvgIpc) is 2.86. The van der Waals surface area contributed by atoms with E-state index in [4.69, 9.17) is 35.9 Å². The summed E-state index contributed by atoms with van der Waals surface area (Å²) in [5.74, 6) is 1.30. The van der Waals surface area contributed by atoms with E-state index in [9.17, 15) is 9.59 Å². The number of hydrogen-bond donors (Lipinski definition) is 4. The molecule has 0 aromatic heterocycles. The number of unbranched alkanes of at least 4 members (excludes halogenated alkanes) is 8. The number of ketones is 2. The molecule has 0 heterocycles.